The van der Waals surface area contributed by atoms with Crippen LogP contribution < -0.4 is 10.6 Å². The molecule has 0 radical (unpaired) electrons. The van der Waals surface area contributed by atoms with E-state index in [2.05, 4.69) is 10.6 Å². The van der Waals surface area contributed by atoms with Crippen molar-refractivity contribution in [1.29, 1.82) is 0 Å². The molecule has 30 heavy (non-hydrogen) atoms. The molecule has 2 N–H and O–H groups in total. The molecule has 0 spiro atoms. The number of nitrogens with one attached hydrogen (secondary N) is 2. The average molecular weight is 404 g/mol. The van der Waals surface area contributed by atoms with Gasteiger partial charge in [-0.25, -0.2) is 4.39 Å². The molecule has 1 saturated carbocycles. The molecule has 4 rings (SSSR count). The molecule has 152 valence electrons. The van der Waals surface area contributed by atoms with Gasteiger partial charge in [0, 0.05) is 23.6 Å². The van der Waals surface area contributed by atoms with Crippen LogP contribution >= 0.6 is 0 Å². The third-order valence-corrected chi connectivity index (χ3v) is 5.26. The maximum absolute atomic E-state index is 13.2. The Balaban J connectivity index is 1.48. The van der Waals surface area contributed by atoms with Gasteiger partial charge in [-0.15, -0.1) is 0 Å². The molecule has 1 aromatic heterocycles. The van der Waals surface area contributed by atoms with Crippen LogP contribution in [0.3, 0.4) is 0 Å². The molecule has 1 aliphatic rings. The average Bonchev–Trinajstić information content (AvgIpc) is 3.39. The number of hydrogen-bond donors (Lipinski definition) is 2. The molecule has 2 aromatic carbocycles. The summed E-state index contributed by atoms with van der Waals surface area (Å²) in [5.74, 6) is -0.633. The van der Waals surface area contributed by atoms with Crippen molar-refractivity contribution in [2.75, 3.05) is 6.54 Å². The first kappa shape index (κ1) is 19.6. The van der Waals surface area contributed by atoms with Crippen LogP contribution in [0.25, 0.3) is 6.08 Å². The van der Waals surface area contributed by atoms with Crippen LogP contribution in [0, 0.1) is 5.82 Å². The van der Waals surface area contributed by atoms with Crippen molar-refractivity contribution in [3.05, 3.63) is 101 Å². The normalized spacial score (nSPS) is 14.8. The maximum atomic E-state index is 13.2. The summed E-state index contributed by atoms with van der Waals surface area (Å²) in [5, 5.41) is 5.59. The standard InChI is InChI=1S/C24H21FN2O3/c25-19-10-8-18(9-11-19)24(12-13-24)16-26-23(29)21(15-20-7-4-14-30-20)27-22(28)17-5-2-1-3-6-17/h1-11,14-15H,12-13,16H2,(H,26,29)(H,27,28)/b21-15-. The number of furan rings is 1. The molecule has 1 aliphatic carbocycles. The predicted octanol–water partition coefficient (Wildman–Crippen LogP) is 4.04. The molecule has 3 aromatic rings. The summed E-state index contributed by atoms with van der Waals surface area (Å²) in [6.07, 6.45) is 4.81. The van der Waals surface area contributed by atoms with Crippen molar-refractivity contribution >= 4 is 17.9 Å². The Kier molecular flexibility index (Phi) is 5.48. The third kappa shape index (κ3) is 4.49. The van der Waals surface area contributed by atoms with Crippen LogP contribution in [0.1, 0.15) is 34.5 Å². The SMILES string of the molecule is O=C(NCC1(c2ccc(F)cc2)CC1)/C(=C/c1ccco1)NC(=O)c1ccccc1. The van der Waals surface area contributed by atoms with Crippen molar-refractivity contribution in [2.45, 2.75) is 18.3 Å². The van der Waals surface area contributed by atoms with Crippen LogP contribution in [-0.2, 0) is 10.2 Å². The summed E-state index contributed by atoms with van der Waals surface area (Å²) < 4.78 is 18.5. The first-order chi connectivity index (χ1) is 14.6. The van der Waals surface area contributed by atoms with Crippen molar-refractivity contribution < 1.29 is 18.4 Å². The van der Waals surface area contributed by atoms with E-state index in [1.54, 1.807) is 48.5 Å². The van der Waals surface area contributed by atoms with Gasteiger partial charge in [-0.1, -0.05) is 30.3 Å². The van der Waals surface area contributed by atoms with Gasteiger partial charge >= 0.3 is 0 Å². The highest BCUT2D eigenvalue weighted by atomic mass is 19.1. The van der Waals surface area contributed by atoms with E-state index in [4.69, 9.17) is 4.42 Å². The Hall–Kier alpha value is -3.67. The molecule has 0 aliphatic heterocycles. The molecular formula is C24H21FN2O3. The Bertz CT molecular complexity index is 1050. The largest absolute Gasteiger partial charge is 0.465 e. The number of carbonyl (C=O) groups is 2. The molecule has 0 atom stereocenters. The first-order valence-electron chi connectivity index (χ1n) is 9.72. The zero-order valence-electron chi connectivity index (χ0n) is 16.2. The van der Waals surface area contributed by atoms with Crippen molar-refractivity contribution in [3.8, 4) is 0 Å². The number of carbonyl (C=O) groups excluding carboxylic acids is 2. The summed E-state index contributed by atoms with van der Waals surface area (Å²) in [7, 11) is 0. The molecular weight excluding hydrogens is 383 g/mol. The van der Waals surface area contributed by atoms with E-state index in [0.29, 0.717) is 17.9 Å². The van der Waals surface area contributed by atoms with Gasteiger partial charge in [0.1, 0.15) is 17.3 Å². The van der Waals surface area contributed by atoms with Gasteiger partial charge in [-0.05, 0) is 54.8 Å². The minimum absolute atomic E-state index is 0.0914. The lowest BCUT2D eigenvalue weighted by molar-refractivity contribution is -0.117. The number of benzene rings is 2. The van der Waals surface area contributed by atoms with E-state index in [9.17, 15) is 14.0 Å². The minimum atomic E-state index is -0.413. The van der Waals surface area contributed by atoms with Gasteiger partial charge < -0.3 is 15.1 Å². The molecule has 1 fully saturated rings. The molecule has 5 nitrogen and oxygen atoms in total. The fraction of sp³-hybridized carbons (Fsp3) is 0.167. The van der Waals surface area contributed by atoms with Crippen molar-refractivity contribution in [2.24, 2.45) is 0 Å². The van der Waals surface area contributed by atoms with Gasteiger partial charge in [0.25, 0.3) is 11.8 Å². The molecule has 0 saturated heterocycles. The summed E-state index contributed by atoms with van der Waals surface area (Å²) in [5.41, 5.74) is 1.34. The highest BCUT2D eigenvalue weighted by molar-refractivity contribution is 6.05. The molecule has 1 heterocycles. The molecule has 0 bridgehead atoms. The van der Waals surface area contributed by atoms with Gasteiger partial charge in [-0.3, -0.25) is 9.59 Å². The van der Waals surface area contributed by atoms with E-state index in [1.165, 1.54) is 24.5 Å². The van der Waals surface area contributed by atoms with Crippen molar-refractivity contribution in [1.82, 2.24) is 10.6 Å². The lowest BCUT2D eigenvalue weighted by atomic mass is 9.96. The van der Waals surface area contributed by atoms with E-state index in [1.807, 2.05) is 6.07 Å². The summed E-state index contributed by atoms with van der Waals surface area (Å²) in [6, 6.07) is 18.4. The molecule has 2 amide bonds. The lowest BCUT2D eigenvalue weighted by Gasteiger charge is -2.18. The fourth-order valence-corrected chi connectivity index (χ4v) is 3.32. The van der Waals surface area contributed by atoms with Gasteiger partial charge in [0.2, 0.25) is 0 Å². The van der Waals surface area contributed by atoms with Crippen LogP contribution in [0.5, 0.6) is 0 Å². The summed E-state index contributed by atoms with van der Waals surface area (Å²) in [6.45, 7) is 0.397. The Morgan fingerprint density at radius 2 is 1.73 bits per heavy atom. The van der Waals surface area contributed by atoms with Gasteiger partial charge in [0.05, 0.1) is 6.26 Å². The summed E-state index contributed by atoms with van der Waals surface area (Å²) >= 11 is 0. The smallest absolute Gasteiger partial charge is 0.267 e. The number of rotatable bonds is 7. The molecule has 0 unspecified atom stereocenters. The lowest BCUT2D eigenvalue weighted by Crippen LogP contribution is -2.38. The summed E-state index contributed by atoms with van der Waals surface area (Å²) in [4.78, 5) is 25.5. The second kappa shape index (κ2) is 8.37. The van der Waals surface area contributed by atoms with Crippen LogP contribution in [0.2, 0.25) is 0 Å². The number of amides is 2. The predicted molar refractivity (Wildman–Crippen MR) is 111 cm³/mol. The van der Waals surface area contributed by atoms with Gasteiger partial charge in [0.15, 0.2) is 0 Å². The number of hydrogen-bond acceptors (Lipinski definition) is 3. The van der Waals surface area contributed by atoms with Crippen LogP contribution in [-0.4, -0.2) is 18.4 Å². The van der Waals surface area contributed by atoms with Crippen LogP contribution in [0.4, 0.5) is 4.39 Å². The fourth-order valence-electron chi connectivity index (χ4n) is 3.32. The first-order valence-corrected chi connectivity index (χ1v) is 9.72. The zero-order chi connectivity index (χ0) is 21.0. The van der Waals surface area contributed by atoms with E-state index >= 15 is 0 Å². The number of halogens is 1. The highest BCUT2D eigenvalue weighted by Crippen LogP contribution is 2.47. The van der Waals surface area contributed by atoms with Crippen molar-refractivity contribution in [3.63, 3.8) is 0 Å². The zero-order valence-corrected chi connectivity index (χ0v) is 16.2. The van der Waals surface area contributed by atoms with Crippen LogP contribution in [0.15, 0.2) is 83.1 Å². The Labute approximate surface area is 173 Å². The second-order valence-electron chi connectivity index (χ2n) is 7.36. The van der Waals surface area contributed by atoms with E-state index in [0.717, 1.165) is 18.4 Å². The van der Waals surface area contributed by atoms with E-state index in [-0.39, 0.29) is 22.8 Å². The highest BCUT2D eigenvalue weighted by Gasteiger charge is 2.44. The third-order valence-electron chi connectivity index (χ3n) is 5.26. The van der Waals surface area contributed by atoms with Gasteiger partial charge in [-0.2, -0.15) is 0 Å². The molecule has 6 heteroatoms. The second-order valence-corrected chi connectivity index (χ2v) is 7.36. The quantitative estimate of drug-likeness (QED) is 0.584. The van der Waals surface area contributed by atoms with E-state index < -0.39 is 5.91 Å². The topological polar surface area (TPSA) is 71.3 Å². The Morgan fingerprint density at radius 3 is 2.37 bits per heavy atom. The Morgan fingerprint density at radius 1 is 1.00 bits per heavy atom. The maximum Gasteiger partial charge on any atom is 0.267 e. The monoisotopic (exact) mass is 404 g/mol. The minimum Gasteiger partial charge on any atom is -0.465 e.